The lowest BCUT2D eigenvalue weighted by molar-refractivity contribution is -0.137. The number of hydrogen-bond donors (Lipinski definition) is 5. The van der Waals surface area contributed by atoms with E-state index in [-0.39, 0.29) is 28.0 Å². The van der Waals surface area contributed by atoms with E-state index in [1.54, 1.807) is 13.8 Å². The number of fused-ring (bicyclic) bond motifs is 1. The number of aromatic nitrogens is 5. The number of hydrazine groups is 1. The molecule has 0 aliphatic carbocycles. The summed E-state index contributed by atoms with van der Waals surface area (Å²) in [5.41, 5.74) is 5.35. The van der Waals surface area contributed by atoms with Crippen molar-refractivity contribution in [1.82, 2.24) is 35.4 Å². The number of hydrogen-bond acceptors (Lipinski definition) is 11. The predicted octanol–water partition coefficient (Wildman–Crippen LogP) is -0.712. The maximum absolute atomic E-state index is 12.2. The Labute approximate surface area is 184 Å². The number of aliphatic hydroxyl groups excluding tert-OH is 2. The molecule has 15 heteroatoms. The number of nitrogens with zero attached hydrogens (tertiary/aromatic N) is 5. The van der Waals surface area contributed by atoms with Crippen LogP contribution in [0.25, 0.3) is 11.2 Å². The number of carbonyl (C=O) groups excluding carboxylic acids is 2. The molecule has 5 N–H and O–H groups in total. The van der Waals surface area contributed by atoms with Gasteiger partial charge in [0.25, 0.3) is 11.8 Å². The number of anilines is 1. The summed E-state index contributed by atoms with van der Waals surface area (Å²) in [4.78, 5) is 36.6. The van der Waals surface area contributed by atoms with Crippen LogP contribution in [0.4, 0.5) is 5.82 Å². The van der Waals surface area contributed by atoms with E-state index in [9.17, 15) is 19.8 Å². The summed E-state index contributed by atoms with van der Waals surface area (Å²) in [7, 11) is 0. The lowest BCUT2D eigenvalue weighted by Gasteiger charge is -2.16. The van der Waals surface area contributed by atoms with Crippen LogP contribution in [0.1, 0.15) is 29.4 Å². The van der Waals surface area contributed by atoms with Gasteiger partial charge < -0.3 is 24.8 Å². The zero-order valence-corrected chi connectivity index (χ0v) is 17.6. The van der Waals surface area contributed by atoms with Gasteiger partial charge in [0.15, 0.2) is 35.0 Å². The maximum atomic E-state index is 12.2. The molecular formula is C17H19ClN8O6. The summed E-state index contributed by atoms with van der Waals surface area (Å²) >= 11 is 6.02. The minimum atomic E-state index is -1.47. The predicted molar refractivity (Wildman–Crippen MR) is 107 cm³/mol. The third-order valence-corrected chi connectivity index (χ3v) is 4.84. The molecule has 1 saturated heterocycles. The molecule has 3 aromatic rings. The van der Waals surface area contributed by atoms with E-state index in [4.69, 9.17) is 20.9 Å². The molecule has 0 spiro atoms. The summed E-state index contributed by atoms with van der Waals surface area (Å²) in [6, 6.07) is 1.45. The maximum Gasteiger partial charge on any atom is 0.291 e. The van der Waals surface area contributed by atoms with Crippen molar-refractivity contribution in [2.75, 3.05) is 12.0 Å². The zero-order valence-electron chi connectivity index (χ0n) is 16.8. The Morgan fingerprint density at radius 1 is 1.28 bits per heavy atom. The molecule has 0 saturated carbocycles. The minimum absolute atomic E-state index is 0.0461. The molecule has 0 bridgehead atoms. The molecule has 4 heterocycles. The Bertz CT molecular complexity index is 1170. The van der Waals surface area contributed by atoms with Crippen LogP contribution in [0.5, 0.6) is 0 Å². The normalized spacial score (nSPS) is 22.8. The molecule has 32 heavy (non-hydrogen) atoms. The third kappa shape index (κ3) is 3.95. The van der Waals surface area contributed by atoms with Crippen LogP contribution in [-0.4, -0.2) is 71.6 Å². The summed E-state index contributed by atoms with van der Waals surface area (Å²) < 4.78 is 11.8. The number of nitrogens with one attached hydrogen (secondary N) is 3. The Morgan fingerprint density at radius 2 is 2.06 bits per heavy atom. The highest BCUT2D eigenvalue weighted by molar-refractivity contribution is 6.28. The molecule has 3 aromatic heterocycles. The van der Waals surface area contributed by atoms with Crippen LogP contribution in [0.15, 0.2) is 16.9 Å². The second-order valence-electron chi connectivity index (χ2n) is 6.89. The number of aliphatic hydroxyl groups is 2. The van der Waals surface area contributed by atoms with Crippen LogP contribution >= 0.6 is 11.6 Å². The fraction of sp³-hybridized carbons (Fsp3) is 0.412. The van der Waals surface area contributed by atoms with Gasteiger partial charge in [-0.3, -0.25) is 25.0 Å². The number of ether oxygens (including phenoxy) is 1. The van der Waals surface area contributed by atoms with Crippen LogP contribution in [0.2, 0.25) is 5.28 Å². The summed E-state index contributed by atoms with van der Waals surface area (Å²) in [6.45, 7) is 3.69. The van der Waals surface area contributed by atoms with Crippen LogP contribution in [0, 0.1) is 6.92 Å². The van der Waals surface area contributed by atoms with Crippen molar-refractivity contribution in [1.29, 1.82) is 0 Å². The zero-order chi connectivity index (χ0) is 23.0. The van der Waals surface area contributed by atoms with Gasteiger partial charge in [-0.1, -0.05) is 5.16 Å². The first-order valence-electron chi connectivity index (χ1n) is 9.49. The van der Waals surface area contributed by atoms with Crippen molar-refractivity contribution in [2.45, 2.75) is 38.4 Å². The molecule has 170 valence electrons. The molecule has 4 atom stereocenters. The molecule has 1 aliphatic rings. The van der Waals surface area contributed by atoms with Gasteiger partial charge >= 0.3 is 0 Å². The monoisotopic (exact) mass is 466 g/mol. The fourth-order valence-electron chi connectivity index (χ4n) is 3.20. The fourth-order valence-corrected chi connectivity index (χ4v) is 3.36. The number of halogens is 1. The highest BCUT2D eigenvalue weighted by Gasteiger charge is 2.47. The standard InChI is InChI=1S/C17H19ClN8O6/c1-3-19-15(30)11-9(27)10(28)16(31-11)26-5-20-8-12(21-17(18)22-13(8)26)23-24-14(29)7-4-6(2)32-25-7/h4-5,9-11,16,27-28H,3H2,1-2H3,(H,19,30)(H,24,29)(H,21,22,23)/t9-,10+,11-,16+/m0/s1. The number of rotatable bonds is 6. The van der Waals surface area contributed by atoms with Crippen molar-refractivity contribution >= 4 is 40.4 Å². The Kier molecular flexibility index (Phi) is 5.92. The smallest absolute Gasteiger partial charge is 0.291 e. The van der Waals surface area contributed by atoms with Crippen molar-refractivity contribution in [3.63, 3.8) is 0 Å². The minimum Gasteiger partial charge on any atom is -0.387 e. The summed E-state index contributed by atoms with van der Waals surface area (Å²) in [5, 5.41) is 26.7. The van der Waals surface area contributed by atoms with Gasteiger partial charge in [0.05, 0.1) is 6.33 Å². The largest absolute Gasteiger partial charge is 0.387 e. The van der Waals surface area contributed by atoms with Gasteiger partial charge in [0.2, 0.25) is 5.28 Å². The van der Waals surface area contributed by atoms with Crippen LogP contribution in [-0.2, 0) is 9.53 Å². The van der Waals surface area contributed by atoms with Gasteiger partial charge in [-0.05, 0) is 25.4 Å². The molecule has 0 radical (unpaired) electrons. The topological polar surface area (TPSA) is 190 Å². The first-order chi connectivity index (χ1) is 15.3. The Morgan fingerprint density at radius 3 is 2.75 bits per heavy atom. The molecule has 1 aliphatic heterocycles. The van der Waals surface area contributed by atoms with Crippen molar-refractivity contribution < 1.29 is 29.1 Å². The molecule has 1 fully saturated rings. The average molecular weight is 467 g/mol. The SMILES string of the molecule is CCNC(=O)[C@H]1O[C@@H](n2cnc3c(NNC(=O)c4cc(C)on4)nc(Cl)nc32)[C@H](O)[C@@H]1O. The van der Waals surface area contributed by atoms with Gasteiger partial charge in [-0.2, -0.15) is 9.97 Å². The highest BCUT2D eigenvalue weighted by atomic mass is 35.5. The Balaban J connectivity index is 1.59. The summed E-state index contributed by atoms with van der Waals surface area (Å²) in [6.07, 6.45) is -4.09. The van der Waals surface area contributed by atoms with Crippen molar-refractivity contribution in [3.8, 4) is 0 Å². The highest BCUT2D eigenvalue weighted by Crippen LogP contribution is 2.33. The lowest BCUT2D eigenvalue weighted by atomic mass is 10.1. The molecule has 4 rings (SSSR count). The third-order valence-electron chi connectivity index (χ3n) is 4.67. The first-order valence-corrected chi connectivity index (χ1v) is 9.87. The summed E-state index contributed by atoms with van der Waals surface area (Å²) in [5.74, 6) is -0.636. The van der Waals surface area contributed by atoms with E-state index < -0.39 is 36.4 Å². The lowest BCUT2D eigenvalue weighted by Crippen LogP contribution is -2.42. The quantitative estimate of drug-likeness (QED) is 0.228. The Hall–Kier alpha value is -3.33. The van der Waals surface area contributed by atoms with Crippen LogP contribution < -0.4 is 16.2 Å². The van der Waals surface area contributed by atoms with Gasteiger partial charge in [-0.25, -0.2) is 4.98 Å². The molecule has 2 amide bonds. The van der Waals surface area contributed by atoms with E-state index in [1.807, 2.05) is 0 Å². The van der Waals surface area contributed by atoms with E-state index in [2.05, 4.69) is 36.3 Å². The number of likely N-dealkylation sites (N-methyl/N-ethyl adjacent to an activating group) is 1. The van der Waals surface area contributed by atoms with Crippen molar-refractivity contribution in [2.24, 2.45) is 0 Å². The molecular weight excluding hydrogens is 448 g/mol. The van der Waals surface area contributed by atoms with E-state index in [1.165, 1.54) is 17.0 Å². The number of amides is 2. The molecule has 0 unspecified atom stereocenters. The van der Waals surface area contributed by atoms with Crippen LogP contribution in [0.3, 0.4) is 0 Å². The van der Waals surface area contributed by atoms with E-state index >= 15 is 0 Å². The van der Waals surface area contributed by atoms with Gasteiger partial charge in [-0.15, -0.1) is 0 Å². The molecule has 0 aromatic carbocycles. The first kappa shape index (κ1) is 21.9. The number of aryl methyl sites for hydroxylation is 1. The molecule has 14 nitrogen and oxygen atoms in total. The van der Waals surface area contributed by atoms with Crippen molar-refractivity contribution in [3.05, 3.63) is 29.1 Å². The second kappa shape index (κ2) is 8.66. The van der Waals surface area contributed by atoms with E-state index in [0.717, 1.165) is 0 Å². The van der Waals surface area contributed by atoms with Gasteiger partial charge in [0.1, 0.15) is 18.0 Å². The number of carbonyl (C=O) groups is 2. The number of imidazole rings is 1. The van der Waals surface area contributed by atoms with E-state index in [0.29, 0.717) is 12.3 Å². The second-order valence-corrected chi connectivity index (χ2v) is 7.23. The average Bonchev–Trinajstić information content (AvgIpc) is 3.45. The van der Waals surface area contributed by atoms with Gasteiger partial charge in [0, 0.05) is 12.6 Å².